The number of benzene rings is 2. The van der Waals surface area contributed by atoms with Gasteiger partial charge in [0, 0.05) is 19.5 Å². The van der Waals surface area contributed by atoms with Gasteiger partial charge in [0.25, 0.3) is 0 Å². The second-order valence-electron chi connectivity index (χ2n) is 6.09. The summed E-state index contributed by atoms with van der Waals surface area (Å²) in [5.74, 6) is -0.410. The third-order valence-corrected chi connectivity index (χ3v) is 4.03. The number of amides is 1. The van der Waals surface area contributed by atoms with Crippen molar-refractivity contribution in [3.8, 4) is 5.75 Å². The van der Waals surface area contributed by atoms with E-state index in [4.69, 9.17) is 9.84 Å². The van der Waals surface area contributed by atoms with Gasteiger partial charge in [0.15, 0.2) is 6.61 Å². The minimum atomic E-state index is -1.01. The Morgan fingerprint density at radius 2 is 1.77 bits per heavy atom. The van der Waals surface area contributed by atoms with Crippen LogP contribution >= 0.6 is 0 Å². The zero-order valence-corrected chi connectivity index (χ0v) is 15.1. The SMILES string of the molecule is CCC(=O)N(CCCc1ccccc1)Cc1cccc(OCC(=O)O)c1. The summed E-state index contributed by atoms with van der Waals surface area (Å²) < 4.78 is 5.21. The summed E-state index contributed by atoms with van der Waals surface area (Å²) in [6.45, 7) is 2.66. The van der Waals surface area contributed by atoms with Crippen molar-refractivity contribution in [1.82, 2.24) is 4.90 Å². The molecular weight excluding hydrogens is 330 g/mol. The van der Waals surface area contributed by atoms with Crippen LogP contribution in [0.2, 0.25) is 0 Å². The summed E-state index contributed by atoms with van der Waals surface area (Å²) in [6.07, 6.45) is 2.28. The first-order valence-corrected chi connectivity index (χ1v) is 8.83. The molecule has 2 rings (SSSR count). The smallest absolute Gasteiger partial charge is 0.341 e. The molecule has 2 aromatic rings. The maximum absolute atomic E-state index is 12.3. The fourth-order valence-corrected chi connectivity index (χ4v) is 2.73. The molecule has 0 fully saturated rings. The zero-order chi connectivity index (χ0) is 18.8. The Hall–Kier alpha value is -2.82. The van der Waals surface area contributed by atoms with Crippen molar-refractivity contribution in [3.63, 3.8) is 0 Å². The van der Waals surface area contributed by atoms with Crippen LogP contribution < -0.4 is 4.74 Å². The van der Waals surface area contributed by atoms with E-state index in [0.717, 1.165) is 18.4 Å². The van der Waals surface area contributed by atoms with Gasteiger partial charge >= 0.3 is 5.97 Å². The topological polar surface area (TPSA) is 66.8 Å². The number of carboxylic acids is 1. The van der Waals surface area contributed by atoms with Gasteiger partial charge in [0.05, 0.1) is 0 Å². The molecule has 0 aliphatic rings. The van der Waals surface area contributed by atoms with Crippen LogP contribution in [0, 0.1) is 0 Å². The Kier molecular flexibility index (Phi) is 7.68. The van der Waals surface area contributed by atoms with Crippen molar-refractivity contribution in [2.75, 3.05) is 13.2 Å². The number of carbonyl (C=O) groups excluding carboxylic acids is 1. The monoisotopic (exact) mass is 355 g/mol. The van der Waals surface area contributed by atoms with Gasteiger partial charge < -0.3 is 14.7 Å². The second kappa shape index (κ2) is 10.2. The number of aliphatic carboxylic acids is 1. The molecule has 0 saturated carbocycles. The lowest BCUT2D eigenvalue weighted by Crippen LogP contribution is -2.31. The quantitative estimate of drug-likeness (QED) is 0.708. The molecule has 2 aromatic carbocycles. The first kappa shape index (κ1) is 19.5. The van der Waals surface area contributed by atoms with E-state index >= 15 is 0 Å². The van der Waals surface area contributed by atoms with Crippen LogP contribution in [0.15, 0.2) is 54.6 Å². The van der Waals surface area contributed by atoms with Crippen LogP contribution in [0.4, 0.5) is 0 Å². The lowest BCUT2D eigenvalue weighted by atomic mass is 10.1. The van der Waals surface area contributed by atoms with Crippen molar-refractivity contribution in [1.29, 1.82) is 0 Å². The summed E-state index contributed by atoms with van der Waals surface area (Å²) in [5.41, 5.74) is 2.19. The van der Waals surface area contributed by atoms with Crippen LogP contribution in [0.25, 0.3) is 0 Å². The molecular formula is C21H25NO4. The van der Waals surface area contributed by atoms with E-state index in [1.807, 2.05) is 42.2 Å². The normalized spacial score (nSPS) is 10.3. The zero-order valence-electron chi connectivity index (χ0n) is 15.1. The number of carboxylic acid groups (broad SMARTS) is 1. The highest BCUT2D eigenvalue weighted by Crippen LogP contribution is 2.16. The maximum Gasteiger partial charge on any atom is 0.341 e. The summed E-state index contributed by atoms with van der Waals surface area (Å²) in [4.78, 5) is 24.7. The number of rotatable bonds is 10. The van der Waals surface area contributed by atoms with Gasteiger partial charge in [0.2, 0.25) is 5.91 Å². The average Bonchev–Trinajstić information content (AvgIpc) is 2.66. The highest BCUT2D eigenvalue weighted by atomic mass is 16.5. The van der Waals surface area contributed by atoms with Crippen LogP contribution in [0.5, 0.6) is 5.75 Å². The molecule has 5 heteroatoms. The molecule has 0 aliphatic carbocycles. The minimum absolute atomic E-state index is 0.106. The van der Waals surface area contributed by atoms with Gasteiger partial charge in [-0.05, 0) is 36.1 Å². The van der Waals surface area contributed by atoms with E-state index in [1.165, 1.54) is 5.56 Å². The Bertz CT molecular complexity index is 715. The lowest BCUT2D eigenvalue weighted by molar-refractivity contribution is -0.139. The van der Waals surface area contributed by atoms with E-state index in [2.05, 4.69) is 12.1 Å². The number of hydrogen-bond donors (Lipinski definition) is 1. The molecule has 0 aromatic heterocycles. The maximum atomic E-state index is 12.3. The number of carbonyl (C=O) groups is 2. The van der Waals surface area contributed by atoms with Gasteiger partial charge in [-0.3, -0.25) is 4.79 Å². The molecule has 0 aliphatic heterocycles. The fourth-order valence-electron chi connectivity index (χ4n) is 2.73. The molecule has 0 bridgehead atoms. The molecule has 1 amide bonds. The van der Waals surface area contributed by atoms with Crippen LogP contribution in [0.3, 0.4) is 0 Å². The fraction of sp³-hybridized carbons (Fsp3) is 0.333. The molecule has 0 saturated heterocycles. The molecule has 0 unspecified atom stereocenters. The first-order chi connectivity index (χ1) is 12.6. The van der Waals surface area contributed by atoms with Crippen molar-refractivity contribution in [3.05, 3.63) is 65.7 Å². The number of ether oxygens (including phenoxy) is 1. The van der Waals surface area contributed by atoms with Crippen molar-refractivity contribution < 1.29 is 19.4 Å². The minimum Gasteiger partial charge on any atom is -0.482 e. The third-order valence-electron chi connectivity index (χ3n) is 4.03. The highest BCUT2D eigenvalue weighted by Gasteiger charge is 2.12. The summed E-state index contributed by atoms with van der Waals surface area (Å²) in [5, 5.41) is 8.71. The van der Waals surface area contributed by atoms with Gasteiger partial charge in [-0.2, -0.15) is 0 Å². The Morgan fingerprint density at radius 1 is 1.04 bits per heavy atom. The molecule has 0 radical (unpaired) electrons. The average molecular weight is 355 g/mol. The van der Waals surface area contributed by atoms with Crippen molar-refractivity contribution >= 4 is 11.9 Å². The van der Waals surface area contributed by atoms with Crippen LogP contribution in [0.1, 0.15) is 30.9 Å². The summed E-state index contributed by atoms with van der Waals surface area (Å²) >= 11 is 0. The number of hydrogen-bond acceptors (Lipinski definition) is 3. The van der Waals surface area contributed by atoms with E-state index in [1.54, 1.807) is 12.1 Å². The Morgan fingerprint density at radius 3 is 2.46 bits per heavy atom. The van der Waals surface area contributed by atoms with E-state index in [9.17, 15) is 9.59 Å². The molecule has 0 atom stereocenters. The third kappa shape index (κ3) is 6.59. The number of nitrogens with zero attached hydrogens (tertiary/aromatic N) is 1. The predicted molar refractivity (Wildman–Crippen MR) is 100 cm³/mol. The van der Waals surface area contributed by atoms with Crippen LogP contribution in [-0.4, -0.2) is 35.0 Å². The standard InChI is InChI=1S/C21H25NO4/c1-2-20(23)22(13-7-11-17-8-4-3-5-9-17)15-18-10-6-12-19(14-18)26-16-21(24)25/h3-6,8-10,12,14H,2,7,11,13,15-16H2,1H3,(H,24,25). The highest BCUT2D eigenvalue weighted by molar-refractivity contribution is 5.75. The molecule has 0 spiro atoms. The van der Waals surface area contributed by atoms with Gasteiger partial charge in [-0.1, -0.05) is 49.4 Å². The molecule has 26 heavy (non-hydrogen) atoms. The molecule has 138 valence electrons. The molecule has 0 heterocycles. The molecule has 1 N–H and O–H groups in total. The van der Waals surface area contributed by atoms with E-state index in [-0.39, 0.29) is 12.5 Å². The summed E-state index contributed by atoms with van der Waals surface area (Å²) in [6, 6.07) is 17.5. The van der Waals surface area contributed by atoms with Crippen molar-refractivity contribution in [2.45, 2.75) is 32.7 Å². The van der Waals surface area contributed by atoms with E-state index in [0.29, 0.717) is 25.3 Å². The summed E-state index contributed by atoms with van der Waals surface area (Å²) in [7, 11) is 0. The van der Waals surface area contributed by atoms with Crippen molar-refractivity contribution in [2.24, 2.45) is 0 Å². The predicted octanol–water partition coefficient (Wildman–Crippen LogP) is 3.52. The Balaban J connectivity index is 1.95. The largest absolute Gasteiger partial charge is 0.482 e. The van der Waals surface area contributed by atoms with E-state index < -0.39 is 5.97 Å². The first-order valence-electron chi connectivity index (χ1n) is 8.83. The number of aryl methyl sites for hydroxylation is 1. The second-order valence-corrected chi connectivity index (χ2v) is 6.09. The lowest BCUT2D eigenvalue weighted by Gasteiger charge is -2.22. The van der Waals surface area contributed by atoms with Gasteiger partial charge in [-0.25, -0.2) is 4.79 Å². The molecule has 5 nitrogen and oxygen atoms in total. The van der Waals surface area contributed by atoms with Gasteiger partial charge in [0.1, 0.15) is 5.75 Å². The van der Waals surface area contributed by atoms with Crippen LogP contribution in [-0.2, 0) is 22.6 Å². The Labute approximate surface area is 154 Å². The van der Waals surface area contributed by atoms with Gasteiger partial charge in [-0.15, -0.1) is 0 Å².